The summed E-state index contributed by atoms with van der Waals surface area (Å²) in [5.41, 5.74) is 1.96. The Morgan fingerprint density at radius 2 is 1.51 bits per heavy atom. The first-order valence-corrected chi connectivity index (χ1v) is 24.9. The molecule has 13 nitrogen and oxygen atoms in total. The van der Waals surface area contributed by atoms with Gasteiger partial charge in [-0.05, 0) is 91.0 Å². The number of cyclic esters (lactones) is 1. The van der Waals surface area contributed by atoms with Gasteiger partial charge in [-0.2, -0.15) is 0 Å². The number of rotatable bonds is 10. The summed E-state index contributed by atoms with van der Waals surface area (Å²) in [6.45, 7) is 3.94. The molecule has 0 radical (unpaired) electrons. The number of esters is 2. The Morgan fingerprint density at radius 3 is 2.19 bits per heavy atom. The number of morpholine rings is 1. The van der Waals surface area contributed by atoms with Gasteiger partial charge in [-0.1, -0.05) is 130 Å². The van der Waals surface area contributed by atoms with E-state index in [-0.39, 0.29) is 18.9 Å². The van der Waals surface area contributed by atoms with Crippen LogP contribution in [0.25, 0.3) is 0 Å². The Balaban J connectivity index is 1.38. The molecule has 1 aliphatic carbocycles. The second kappa shape index (κ2) is 21.1. The minimum absolute atomic E-state index is 0.0914. The van der Waals surface area contributed by atoms with Gasteiger partial charge in [0, 0.05) is 24.2 Å². The summed E-state index contributed by atoms with van der Waals surface area (Å²) in [5.74, 6) is 2.62. The zero-order valence-corrected chi connectivity index (χ0v) is 40.2. The standard InChI is InChI=1S/C57H62N4O9/c1-37(2)47(53(64)68-3)58-56(67)60-44-31-30-39(29-28-38-20-10-7-11-21-38)36-43(44)57(55(60)66)46(52(63)59-32-18-5-4-6-19-33-59)49-54(65)70-50(41-24-14-9-15-25-41)48(40-22-12-8-13-23-40)61(49)51(57)42-26-16-17-27-45(42)69-35-34-62/h8-9,12-17,20,22-27,30-31,36-37,46-51,62H,4-7,10-11,18-19,21,32-35H2,1-3H3,(H,58,67)/t46-,47-,48-,49-,50+,51+,57-/m0/s1. The summed E-state index contributed by atoms with van der Waals surface area (Å²) in [4.78, 5) is 82.2. The third-order valence-corrected chi connectivity index (χ3v) is 14.7. The molecule has 2 N–H and O–H groups in total. The molecule has 4 aliphatic heterocycles. The van der Waals surface area contributed by atoms with E-state index in [4.69, 9.17) is 14.2 Å². The van der Waals surface area contributed by atoms with Crippen molar-refractivity contribution in [2.24, 2.45) is 11.8 Å². The molecule has 70 heavy (non-hydrogen) atoms. The van der Waals surface area contributed by atoms with E-state index >= 15 is 19.2 Å². The van der Waals surface area contributed by atoms with Crippen molar-refractivity contribution >= 4 is 35.5 Å². The molecule has 1 spiro atoms. The third kappa shape index (κ3) is 8.88. The van der Waals surface area contributed by atoms with Gasteiger partial charge in [0.2, 0.25) is 11.8 Å². The summed E-state index contributed by atoms with van der Waals surface area (Å²) in [6, 6.07) is 26.1. The molecule has 3 fully saturated rings. The number of hydrogen-bond donors (Lipinski definition) is 2. The van der Waals surface area contributed by atoms with Crippen molar-refractivity contribution < 1.29 is 43.3 Å². The molecule has 364 valence electrons. The first kappa shape index (κ1) is 48.3. The molecule has 9 rings (SSSR count). The number of hydrogen-bond acceptors (Lipinski definition) is 10. The van der Waals surface area contributed by atoms with E-state index in [1.807, 2.05) is 83.8 Å². The Labute approximate surface area is 410 Å². The average Bonchev–Trinajstić information content (AvgIpc) is 3.83. The predicted octanol–water partition coefficient (Wildman–Crippen LogP) is 8.28. The summed E-state index contributed by atoms with van der Waals surface area (Å²) in [5, 5.41) is 13.0. The number of methoxy groups -OCH3 is 1. The van der Waals surface area contributed by atoms with Crippen LogP contribution < -0.4 is 15.0 Å². The fourth-order valence-corrected chi connectivity index (χ4v) is 11.5. The van der Waals surface area contributed by atoms with Crippen molar-refractivity contribution in [1.29, 1.82) is 0 Å². The number of aliphatic hydroxyl groups is 1. The van der Waals surface area contributed by atoms with E-state index in [9.17, 15) is 9.90 Å². The van der Waals surface area contributed by atoms with Crippen molar-refractivity contribution in [1.82, 2.24) is 15.1 Å². The lowest BCUT2D eigenvalue weighted by Crippen LogP contribution is -2.58. The molecule has 4 heterocycles. The van der Waals surface area contributed by atoms with Gasteiger partial charge in [0.1, 0.15) is 36.0 Å². The minimum atomic E-state index is -2.05. The van der Waals surface area contributed by atoms with Crippen molar-refractivity contribution in [3.8, 4) is 17.6 Å². The number of imide groups is 1. The molecule has 0 saturated carbocycles. The molecule has 0 aromatic heterocycles. The summed E-state index contributed by atoms with van der Waals surface area (Å²) < 4.78 is 18.2. The fourth-order valence-electron chi connectivity index (χ4n) is 11.5. The molecule has 4 amide bonds. The van der Waals surface area contributed by atoms with Crippen LogP contribution in [0.15, 0.2) is 115 Å². The van der Waals surface area contributed by atoms with Crippen molar-refractivity contribution in [3.63, 3.8) is 0 Å². The van der Waals surface area contributed by atoms with Gasteiger partial charge in [-0.3, -0.25) is 19.3 Å². The number of ether oxygens (including phenoxy) is 3. The number of aliphatic hydroxyl groups excluding tert-OH is 1. The first-order valence-electron chi connectivity index (χ1n) is 24.9. The van der Waals surface area contributed by atoms with Crippen LogP contribution in [-0.2, 0) is 34.1 Å². The number of para-hydroxylation sites is 1. The molecular formula is C57H62N4O9. The zero-order valence-electron chi connectivity index (χ0n) is 40.2. The van der Waals surface area contributed by atoms with Gasteiger partial charge < -0.3 is 29.5 Å². The van der Waals surface area contributed by atoms with Crippen molar-refractivity contribution in [3.05, 3.63) is 143 Å². The number of carbonyl (C=O) groups is 5. The van der Waals surface area contributed by atoms with Crippen LogP contribution in [0.4, 0.5) is 10.5 Å². The van der Waals surface area contributed by atoms with Crippen LogP contribution in [0.1, 0.15) is 118 Å². The number of carbonyl (C=O) groups excluding carboxylic acids is 5. The van der Waals surface area contributed by atoms with Crippen molar-refractivity contribution in [2.45, 2.75) is 107 Å². The van der Waals surface area contributed by atoms with Gasteiger partial charge in [0.15, 0.2) is 0 Å². The summed E-state index contributed by atoms with van der Waals surface area (Å²) >= 11 is 0. The third-order valence-electron chi connectivity index (χ3n) is 14.7. The zero-order chi connectivity index (χ0) is 48.9. The molecule has 4 aromatic rings. The highest BCUT2D eigenvalue weighted by Gasteiger charge is 2.76. The van der Waals surface area contributed by atoms with Crippen LogP contribution in [0, 0.1) is 23.7 Å². The fraction of sp³-hybridized carbons (Fsp3) is 0.421. The molecule has 5 aliphatic rings. The quantitative estimate of drug-likeness (QED) is 0.117. The molecule has 0 unspecified atom stereocenters. The number of likely N-dealkylation sites (tertiary alicyclic amines) is 1. The molecule has 0 bridgehead atoms. The van der Waals surface area contributed by atoms with Gasteiger partial charge >= 0.3 is 18.0 Å². The maximum absolute atomic E-state index is 16.9. The summed E-state index contributed by atoms with van der Waals surface area (Å²) in [7, 11) is 1.24. The maximum Gasteiger partial charge on any atom is 0.329 e. The number of nitrogens with zero attached hydrogens (tertiary/aromatic N) is 3. The van der Waals surface area contributed by atoms with Crippen LogP contribution >= 0.6 is 0 Å². The van der Waals surface area contributed by atoms with Gasteiger partial charge in [0.05, 0.1) is 37.4 Å². The normalized spacial score (nSPS) is 24.8. The Kier molecular flexibility index (Phi) is 14.5. The lowest BCUT2D eigenvalue weighted by Gasteiger charge is -2.46. The highest BCUT2D eigenvalue weighted by Crippen LogP contribution is 2.67. The van der Waals surface area contributed by atoms with Gasteiger partial charge in [-0.15, -0.1) is 0 Å². The second-order valence-electron chi connectivity index (χ2n) is 19.3. The van der Waals surface area contributed by atoms with E-state index in [0.717, 1.165) is 73.8 Å². The highest BCUT2D eigenvalue weighted by atomic mass is 16.6. The molecule has 3 saturated heterocycles. The number of fused-ring (bicyclic) bond motifs is 3. The molecular weight excluding hydrogens is 885 g/mol. The second-order valence-corrected chi connectivity index (χ2v) is 19.3. The Hall–Kier alpha value is -6.75. The Morgan fingerprint density at radius 1 is 0.829 bits per heavy atom. The van der Waals surface area contributed by atoms with E-state index in [1.165, 1.54) is 7.11 Å². The van der Waals surface area contributed by atoms with E-state index < -0.39 is 77.3 Å². The predicted molar refractivity (Wildman–Crippen MR) is 263 cm³/mol. The lowest BCUT2D eigenvalue weighted by molar-refractivity contribution is -0.179. The monoisotopic (exact) mass is 946 g/mol. The maximum atomic E-state index is 16.9. The largest absolute Gasteiger partial charge is 0.491 e. The van der Waals surface area contributed by atoms with Gasteiger partial charge in [0.25, 0.3) is 0 Å². The summed E-state index contributed by atoms with van der Waals surface area (Å²) in [6.07, 6.45) is 9.43. The van der Waals surface area contributed by atoms with Crippen LogP contribution in [-0.4, -0.2) is 90.2 Å². The van der Waals surface area contributed by atoms with Gasteiger partial charge in [-0.25, -0.2) is 14.5 Å². The van der Waals surface area contributed by atoms with Crippen LogP contribution in [0.3, 0.4) is 0 Å². The number of benzene rings is 4. The minimum Gasteiger partial charge on any atom is -0.491 e. The van der Waals surface area contributed by atoms with E-state index in [2.05, 4.69) is 23.2 Å². The van der Waals surface area contributed by atoms with E-state index in [0.29, 0.717) is 41.1 Å². The topological polar surface area (TPSA) is 155 Å². The lowest BCUT2D eigenvalue weighted by atomic mass is 9.64. The van der Waals surface area contributed by atoms with E-state index in [1.54, 1.807) is 43.0 Å². The smallest absolute Gasteiger partial charge is 0.329 e. The molecule has 4 aromatic carbocycles. The number of allylic oxidation sites excluding steroid dienone is 2. The number of anilines is 1. The number of amides is 4. The number of nitrogens with one attached hydrogen (secondary N) is 1. The Bertz CT molecular complexity index is 2690. The average molecular weight is 947 g/mol. The highest BCUT2D eigenvalue weighted by molar-refractivity contribution is 6.25. The van der Waals surface area contributed by atoms with Crippen LogP contribution in [0.5, 0.6) is 5.75 Å². The molecule has 7 atom stereocenters. The number of urea groups is 1. The van der Waals surface area contributed by atoms with Crippen LogP contribution in [0.2, 0.25) is 0 Å². The SMILES string of the molecule is COC(=O)[C@@H](NC(=O)N1C(=O)[C@@]2(c3cc(C#CC4=CCCCC4)ccc31)[C@H](C(=O)N1CCCCCCC1)[C@H]1C(=O)O[C@H](c3ccccc3)[C@H](c3ccccc3)N1[C@@H]2c1ccccc1OCCO)C(C)C. The molecule has 13 heteroatoms. The van der Waals surface area contributed by atoms with Crippen molar-refractivity contribution in [2.75, 3.05) is 38.3 Å². The first-order chi connectivity index (χ1) is 34.1.